The smallest absolute Gasteiger partial charge is 0.255 e. The zero-order chi connectivity index (χ0) is 15.4. The number of aliphatic hydroxyl groups is 1. The number of hydrogen-bond donors (Lipinski definition) is 2. The fourth-order valence-electron chi connectivity index (χ4n) is 2.02. The maximum Gasteiger partial charge on any atom is 0.255 e. The molecule has 2 heterocycles. The number of aromatic nitrogens is 2. The Balaban J connectivity index is 1.78. The van der Waals surface area contributed by atoms with Crippen LogP contribution in [0.1, 0.15) is 15.9 Å². The van der Waals surface area contributed by atoms with Crippen LogP contribution >= 0.6 is 11.3 Å². The van der Waals surface area contributed by atoms with Gasteiger partial charge in [-0.2, -0.15) is 0 Å². The SMILES string of the molecule is O=C(Nc1cnccc1CO)c1ccc(-c2cscn2)cc1. The zero-order valence-electron chi connectivity index (χ0n) is 11.6. The lowest BCUT2D eigenvalue weighted by Gasteiger charge is -2.09. The number of thiazole rings is 1. The predicted octanol–water partition coefficient (Wildman–Crippen LogP) is 2.95. The quantitative estimate of drug-likeness (QED) is 0.777. The summed E-state index contributed by atoms with van der Waals surface area (Å²) in [6.45, 7) is -0.152. The van der Waals surface area contributed by atoms with Gasteiger partial charge in [0.1, 0.15) is 0 Å². The summed E-state index contributed by atoms with van der Waals surface area (Å²) in [5.74, 6) is -0.243. The van der Waals surface area contributed by atoms with Gasteiger partial charge in [0.05, 0.1) is 29.7 Å². The van der Waals surface area contributed by atoms with Gasteiger partial charge in [-0.25, -0.2) is 4.98 Å². The lowest BCUT2D eigenvalue weighted by molar-refractivity contribution is 0.102. The molecule has 0 aliphatic rings. The molecule has 2 N–H and O–H groups in total. The molecule has 2 aromatic heterocycles. The number of nitrogens with zero attached hydrogens (tertiary/aromatic N) is 2. The summed E-state index contributed by atoms with van der Waals surface area (Å²) < 4.78 is 0. The van der Waals surface area contributed by atoms with Crippen LogP contribution in [0.4, 0.5) is 5.69 Å². The fourth-order valence-corrected chi connectivity index (χ4v) is 2.58. The van der Waals surface area contributed by atoms with Crippen LogP contribution in [0.3, 0.4) is 0 Å². The van der Waals surface area contributed by atoms with E-state index in [9.17, 15) is 9.90 Å². The van der Waals surface area contributed by atoms with Gasteiger partial charge in [0.15, 0.2) is 0 Å². The molecule has 0 aliphatic heterocycles. The maximum atomic E-state index is 12.2. The lowest BCUT2D eigenvalue weighted by atomic mass is 10.1. The third kappa shape index (κ3) is 3.03. The molecule has 3 aromatic rings. The van der Waals surface area contributed by atoms with E-state index < -0.39 is 0 Å². The topological polar surface area (TPSA) is 75.1 Å². The Kier molecular flexibility index (Phi) is 4.22. The van der Waals surface area contributed by atoms with Crippen molar-refractivity contribution in [1.29, 1.82) is 0 Å². The number of pyridine rings is 1. The molecule has 3 rings (SSSR count). The molecule has 0 spiro atoms. The largest absolute Gasteiger partial charge is 0.392 e. The Labute approximate surface area is 131 Å². The minimum absolute atomic E-state index is 0.152. The van der Waals surface area contributed by atoms with Gasteiger partial charge >= 0.3 is 0 Å². The van der Waals surface area contributed by atoms with Crippen molar-refractivity contribution in [1.82, 2.24) is 9.97 Å². The zero-order valence-corrected chi connectivity index (χ0v) is 12.4. The third-order valence-corrected chi connectivity index (χ3v) is 3.79. The van der Waals surface area contributed by atoms with Crippen molar-refractivity contribution >= 4 is 22.9 Å². The van der Waals surface area contributed by atoms with E-state index in [1.807, 2.05) is 17.5 Å². The Morgan fingerprint density at radius 1 is 1.23 bits per heavy atom. The number of carbonyl (C=O) groups excluding carboxylic acids is 1. The molecule has 0 saturated heterocycles. The molecule has 22 heavy (non-hydrogen) atoms. The highest BCUT2D eigenvalue weighted by Crippen LogP contribution is 2.20. The molecular formula is C16H13N3O2S. The van der Waals surface area contributed by atoms with Gasteiger partial charge < -0.3 is 10.4 Å². The second-order valence-electron chi connectivity index (χ2n) is 4.60. The Bertz CT molecular complexity index is 770. The standard InChI is InChI=1S/C16H13N3O2S/c20-8-13-5-6-17-7-14(13)19-16(21)12-3-1-11(2-4-12)15-9-22-10-18-15/h1-7,9-10,20H,8H2,(H,19,21). The van der Waals surface area contributed by atoms with Gasteiger partial charge in [-0.3, -0.25) is 9.78 Å². The summed E-state index contributed by atoms with van der Waals surface area (Å²) in [6.07, 6.45) is 3.09. The molecule has 5 nitrogen and oxygen atoms in total. The number of amides is 1. The number of rotatable bonds is 4. The molecule has 0 fully saturated rings. The van der Waals surface area contributed by atoms with Gasteiger partial charge in [0.25, 0.3) is 5.91 Å². The number of anilines is 1. The highest BCUT2D eigenvalue weighted by atomic mass is 32.1. The van der Waals surface area contributed by atoms with Crippen molar-refractivity contribution in [3.05, 3.63) is 64.7 Å². The highest BCUT2D eigenvalue weighted by Gasteiger charge is 2.09. The van der Waals surface area contributed by atoms with Gasteiger partial charge in [0.2, 0.25) is 0 Å². The molecule has 0 atom stereocenters. The second-order valence-corrected chi connectivity index (χ2v) is 5.31. The van der Waals surface area contributed by atoms with Crippen LogP contribution in [0.2, 0.25) is 0 Å². The van der Waals surface area contributed by atoms with Crippen LogP contribution in [0.25, 0.3) is 11.3 Å². The average molecular weight is 311 g/mol. The van der Waals surface area contributed by atoms with Crippen LogP contribution in [0.5, 0.6) is 0 Å². The maximum absolute atomic E-state index is 12.2. The molecule has 0 radical (unpaired) electrons. The minimum atomic E-state index is -0.243. The van der Waals surface area contributed by atoms with E-state index in [1.54, 1.807) is 29.9 Å². The van der Waals surface area contributed by atoms with Crippen molar-refractivity contribution in [2.24, 2.45) is 0 Å². The van der Waals surface area contributed by atoms with Gasteiger partial charge in [-0.05, 0) is 18.2 Å². The Morgan fingerprint density at radius 3 is 2.73 bits per heavy atom. The van der Waals surface area contributed by atoms with Crippen LogP contribution in [-0.4, -0.2) is 21.0 Å². The summed E-state index contributed by atoms with van der Waals surface area (Å²) in [7, 11) is 0. The van der Waals surface area contributed by atoms with Gasteiger partial charge in [0, 0.05) is 28.3 Å². The van der Waals surface area contributed by atoms with Crippen molar-refractivity contribution in [2.45, 2.75) is 6.61 Å². The first-order valence-electron chi connectivity index (χ1n) is 6.61. The number of aliphatic hydroxyl groups excluding tert-OH is 1. The van der Waals surface area contributed by atoms with Crippen molar-refractivity contribution in [3.8, 4) is 11.3 Å². The van der Waals surface area contributed by atoms with Gasteiger partial charge in [-0.1, -0.05) is 12.1 Å². The van der Waals surface area contributed by atoms with Crippen LogP contribution in [0, 0.1) is 0 Å². The Hall–Kier alpha value is -2.57. The molecular weight excluding hydrogens is 298 g/mol. The highest BCUT2D eigenvalue weighted by molar-refractivity contribution is 7.07. The molecule has 0 unspecified atom stereocenters. The summed E-state index contributed by atoms with van der Waals surface area (Å²) >= 11 is 1.53. The normalized spacial score (nSPS) is 10.4. The van der Waals surface area contributed by atoms with E-state index in [0.717, 1.165) is 11.3 Å². The van der Waals surface area contributed by atoms with Crippen molar-refractivity contribution in [2.75, 3.05) is 5.32 Å². The molecule has 0 saturated carbocycles. The summed E-state index contributed by atoms with van der Waals surface area (Å²) in [5.41, 5.74) is 5.31. The molecule has 6 heteroatoms. The summed E-state index contributed by atoms with van der Waals surface area (Å²) in [4.78, 5) is 20.4. The number of carbonyl (C=O) groups is 1. The van der Waals surface area contributed by atoms with Crippen molar-refractivity contribution in [3.63, 3.8) is 0 Å². The molecule has 110 valence electrons. The number of benzene rings is 1. The van der Waals surface area contributed by atoms with Crippen LogP contribution < -0.4 is 5.32 Å². The molecule has 1 amide bonds. The molecule has 1 aromatic carbocycles. The van der Waals surface area contributed by atoms with E-state index in [2.05, 4.69) is 15.3 Å². The lowest BCUT2D eigenvalue weighted by Crippen LogP contribution is -2.13. The molecule has 0 bridgehead atoms. The first-order chi connectivity index (χ1) is 10.8. The monoisotopic (exact) mass is 311 g/mol. The summed E-state index contributed by atoms with van der Waals surface area (Å²) in [6, 6.07) is 8.89. The number of nitrogens with one attached hydrogen (secondary N) is 1. The fraction of sp³-hybridized carbons (Fsp3) is 0.0625. The first kappa shape index (κ1) is 14.4. The average Bonchev–Trinajstić information content (AvgIpc) is 3.10. The number of hydrogen-bond acceptors (Lipinski definition) is 5. The second kappa shape index (κ2) is 6.46. The first-order valence-corrected chi connectivity index (χ1v) is 7.56. The van der Waals surface area contributed by atoms with E-state index in [1.165, 1.54) is 17.5 Å². The van der Waals surface area contributed by atoms with E-state index in [4.69, 9.17) is 0 Å². The van der Waals surface area contributed by atoms with Crippen molar-refractivity contribution < 1.29 is 9.90 Å². The van der Waals surface area contributed by atoms with E-state index >= 15 is 0 Å². The summed E-state index contributed by atoms with van der Waals surface area (Å²) in [5, 5.41) is 14.0. The van der Waals surface area contributed by atoms with E-state index in [0.29, 0.717) is 16.8 Å². The minimum Gasteiger partial charge on any atom is -0.392 e. The van der Waals surface area contributed by atoms with Gasteiger partial charge in [-0.15, -0.1) is 11.3 Å². The predicted molar refractivity (Wildman–Crippen MR) is 85.7 cm³/mol. The third-order valence-electron chi connectivity index (χ3n) is 3.21. The van der Waals surface area contributed by atoms with E-state index in [-0.39, 0.29) is 12.5 Å². The molecule has 0 aliphatic carbocycles. The van der Waals surface area contributed by atoms with Crippen LogP contribution in [0.15, 0.2) is 53.6 Å². The van der Waals surface area contributed by atoms with Crippen LogP contribution in [-0.2, 0) is 6.61 Å². The Morgan fingerprint density at radius 2 is 2.05 bits per heavy atom.